The fourth-order valence-corrected chi connectivity index (χ4v) is 1.69. The lowest BCUT2D eigenvalue weighted by Crippen LogP contribution is -2.17. The van der Waals surface area contributed by atoms with Crippen molar-refractivity contribution < 1.29 is 38.1 Å². The van der Waals surface area contributed by atoms with Crippen LogP contribution in [0.3, 0.4) is 0 Å². The second-order valence-corrected chi connectivity index (χ2v) is 4.87. The van der Waals surface area contributed by atoms with Crippen LogP contribution in [0.2, 0.25) is 0 Å². The molecule has 0 aliphatic heterocycles. The molecule has 1 aromatic carbocycles. The Balaban J connectivity index is 2.27. The first kappa shape index (κ1) is 20.4. The number of ketones is 1. The van der Waals surface area contributed by atoms with E-state index in [1.807, 2.05) is 0 Å². The lowest BCUT2D eigenvalue weighted by Gasteiger charge is -2.08. The number of hydrogen-bond donors (Lipinski definition) is 0. The summed E-state index contributed by atoms with van der Waals surface area (Å²) in [5, 5.41) is 0. The highest BCUT2D eigenvalue weighted by Crippen LogP contribution is 2.13. The number of ether oxygens (including phenoxy) is 5. The van der Waals surface area contributed by atoms with E-state index in [-0.39, 0.29) is 19.0 Å². The predicted molar refractivity (Wildman–Crippen MR) is 86.7 cm³/mol. The molecule has 0 saturated carbocycles. The van der Waals surface area contributed by atoms with Crippen molar-refractivity contribution in [3.63, 3.8) is 0 Å². The van der Waals surface area contributed by atoms with Crippen molar-refractivity contribution >= 4 is 17.9 Å². The molecule has 0 atom stereocenters. The summed E-state index contributed by atoms with van der Waals surface area (Å²) in [6.07, 6.45) is -0.233. The number of hydrogen-bond acceptors (Lipinski definition) is 8. The minimum Gasteiger partial charge on any atom is -0.494 e. The second kappa shape index (κ2) is 11.9. The van der Waals surface area contributed by atoms with Gasteiger partial charge < -0.3 is 23.7 Å². The molecule has 0 bridgehead atoms. The Bertz CT molecular complexity index is 552. The third-order valence-corrected chi connectivity index (χ3v) is 2.87. The zero-order valence-corrected chi connectivity index (χ0v) is 14.3. The molecule has 8 nitrogen and oxygen atoms in total. The van der Waals surface area contributed by atoms with Gasteiger partial charge in [-0.05, 0) is 24.3 Å². The number of rotatable bonds is 11. The first-order valence-corrected chi connectivity index (χ1v) is 7.71. The molecule has 0 heterocycles. The molecule has 0 saturated heterocycles. The molecular formula is C17H22O8. The van der Waals surface area contributed by atoms with Crippen molar-refractivity contribution in [1.82, 2.24) is 0 Å². The summed E-state index contributed by atoms with van der Waals surface area (Å²) in [7, 11) is 1.62. The minimum absolute atomic E-state index is 0.0653. The van der Waals surface area contributed by atoms with Gasteiger partial charge in [-0.15, -0.1) is 0 Å². The summed E-state index contributed by atoms with van der Waals surface area (Å²) < 4.78 is 24.3. The topological polar surface area (TPSA) is 97.4 Å². The van der Waals surface area contributed by atoms with Gasteiger partial charge in [0, 0.05) is 32.6 Å². The smallest absolute Gasteiger partial charge is 0.494 e. The zero-order chi connectivity index (χ0) is 18.5. The van der Waals surface area contributed by atoms with E-state index in [0.717, 1.165) is 6.42 Å². The number of carbonyl (C=O) groups is 3. The van der Waals surface area contributed by atoms with Crippen LogP contribution in [0.15, 0.2) is 24.3 Å². The predicted octanol–water partition coefficient (Wildman–Crippen LogP) is 2.00. The number of benzene rings is 1. The number of methoxy groups -OCH3 is 1. The van der Waals surface area contributed by atoms with Gasteiger partial charge in [0.15, 0.2) is 12.4 Å². The molecule has 0 spiro atoms. The van der Waals surface area contributed by atoms with Crippen LogP contribution in [0.1, 0.15) is 23.7 Å². The third kappa shape index (κ3) is 9.31. The fourth-order valence-electron chi connectivity index (χ4n) is 1.69. The van der Waals surface area contributed by atoms with E-state index in [1.54, 1.807) is 31.4 Å². The average Bonchev–Trinajstić information content (AvgIpc) is 2.60. The first-order valence-electron chi connectivity index (χ1n) is 7.71. The van der Waals surface area contributed by atoms with Crippen LogP contribution < -0.4 is 4.74 Å². The quantitative estimate of drug-likeness (QED) is 0.338. The van der Waals surface area contributed by atoms with E-state index >= 15 is 0 Å². The summed E-state index contributed by atoms with van der Waals surface area (Å²) in [4.78, 5) is 33.7. The van der Waals surface area contributed by atoms with Gasteiger partial charge in [-0.3, -0.25) is 9.59 Å². The highest BCUT2D eigenvalue weighted by Gasteiger charge is 2.11. The van der Waals surface area contributed by atoms with Gasteiger partial charge >= 0.3 is 12.1 Å². The molecule has 0 fully saturated rings. The zero-order valence-electron chi connectivity index (χ0n) is 14.3. The molecule has 0 unspecified atom stereocenters. The number of Topliss-reactive ketones (excluding diaryl/α,β-unsaturated/α-hetero) is 1. The van der Waals surface area contributed by atoms with Gasteiger partial charge in [0.1, 0.15) is 19.0 Å². The van der Waals surface area contributed by atoms with Crippen molar-refractivity contribution in [2.75, 3.05) is 40.1 Å². The van der Waals surface area contributed by atoms with Gasteiger partial charge in [0.2, 0.25) is 0 Å². The second-order valence-electron chi connectivity index (χ2n) is 4.87. The van der Waals surface area contributed by atoms with Crippen molar-refractivity contribution in [2.45, 2.75) is 13.3 Å². The van der Waals surface area contributed by atoms with Crippen LogP contribution in [-0.4, -0.2) is 58.1 Å². The van der Waals surface area contributed by atoms with E-state index in [9.17, 15) is 14.4 Å². The highest BCUT2D eigenvalue weighted by atomic mass is 16.7. The Morgan fingerprint density at radius 3 is 2.20 bits per heavy atom. The Morgan fingerprint density at radius 2 is 1.56 bits per heavy atom. The lowest BCUT2D eigenvalue weighted by molar-refractivity contribution is -0.142. The summed E-state index contributed by atoms with van der Waals surface area (Å²) in [5.74, 6) is -0.209. The Morgan fingerprint density at radius 1 is 0.880 bits per heavy atom. The van der Waals surface area contributed by atoms with E-state index in [4.69, 9.17) is 14.2 Å². The van der Waals surface area contributed by atoms with Crippen LogP contribution in [0.4, 0.5) is 4.79 Å². The monoisotopic (exact) mass is 354 g/mol. The van der Waals surface area contributed by atoms with Crippen LogP contribution in [0.5, 0.6) is 5.75 Å². The standard InChI is InChI=1S/C17H22O8/c1-13(18)22-10-11-24-17(20)25-12-16(19)14-4-6-15(7-5-14)23-9-3-8-21-2/h4-7H,3,8-12H2,1-2H3. The Hall–Kier alpha value is -2.61. The molecule has 8 heteroatoms. The number of carbonyl (C=O) groups excluding carboxylic acids is 3. The molecule has 0 N–H and O–H groups in total. The average molecular weight is 354 g/mol. The van der Waals surface area contributed by atoms with Gasteiger partial charge in [0.25, 0.3) is 0 Å². The van der Waals surface area contributed by atoms with Gasteiger partial charge in [-0.25, -0.2) is 4.79 Å². The highest BCUT2D eigenvalue weighted by molar-refractivity contribution is 5.97. The first-order chi connectivity index (χ1) is 12.0. The van der Waals surface area contributed by atoms with E-state index < -0.39 is 18.7 Å². The van der Waals surface area contributed by atoms with Gasteiger partial charge in [0.05, 0.1) is 6.61 Å². The Labute approximate surface area is 145 Å². The number of esters is 1. The molecule has 0 amide bonds. The summed E-state index contributed by atoms with van der Waals surface area (Å²) in [6.45, 7) is 1.73. The van der Waals surface area contributed by atoms with Crippen LogP contribution in [0, 0.1) is 0 Å². The Kier molecular flexibility index (Phi) is 9.69. The van der Waals surface area contributed by atoms with Crippen LogP contribution >= 0.6 is 0 Å². The molecule has 0 radical (unpaired) electrons. The molecule has 1 aromatic rings. The van der Waals surface area contributed by atoms with Crippen molar-refractivity contribution in [3.8, 4) is 5.75 Å². The van der Waals surface area contributed by atoms with Gasteiger partial charge in [-0.1, -0.05) is 0 Å². The maximum absolute atomic E-state index is 11.9. The maximum atomic E-state index is 11.9. The third-order valence-electron chi connectivity index (χ3n) is 2.87. The lowest BCUT2D eigenvalue weighted by atomic mass is 10.1. The van der Waals surface area contributed by atoms with E-state index in [2.05, 4.69) is 9.47 Å². The fraction of sp³-hybridized carbons (Fsp3) is 0.471. The maximum Gasteiger partial charge on any atom is 0.508 e. The molecular weight excluding hydrogens is 332 g/mol. The summed E-state index contributed by atoms with van der Waals surface area (Å²) >= 11 is 0. The van der Waals surface area contributed by atoms with Gasteiger partial charge in [-0.2, -0.15) is 0 Å². The summed E-state index contributed by atoms with van der Waals surface area (Å²) in [5.41, 5.74) is 0.386. The van der Waals surface area contributed by atoms with E-state index in [0.29, 0.717) is 24.5 Å². The largest absolute Gasteiger partial charge is 0.508 e. The SMILES string of the molecule is COCCCOc1ccc(C(=O)COC(=O)OCCOC(C)=O)cc1. The molecule has 0 aliphatic carbocycles. The molecule has 1 rings (SSSR count). The normalized spacial score (nSPS) is 10.0. The van der Waals surface area contributed by atoms with Crippen LogP contribution in [-0.2, 0) is 23.7 Å². The minimum atomic E-state index is -1.00. The van der Waals surface area contributed by atoms with Crippen molar-refractivity contribution in [2.24, 2.45) is 0 Å². The summed E-state index contributed by atoms with van der Waals surface area (Å²) in [6, 6.07) is 6.50. The van der Waals surface area contributed by atoms with E-state index in [1.165, 1.54) is 6.92 Å². The van der Waals surface area contributed by atoms with Crippen molar-refractivity contribution in [1.29, 1.82) is 0 Å². The van der Waals surface area contributed by atoms with Crippen molar-refractivity contribution in [3.05, 3.63) is 29.8 Å². The van der Waals surface area contributed by atoms with Crippen LogP contribution in [0.25, 0.3) is 0 Å². The molecule has 0 aliphatic rings. The molecule has 25 heavy (non-hydrogen) atoms. The molecule has 138 valence electrons. The molecule has 0 aromatic heterocycles.